The molecule has 3 aliphatic rings. The summed E-state index contributed by atoms with van der Waals surface area (Å²) >= 11 is 0. The van der Waals surface area contributed by atoms with Gasteiger partial charge in [0.2, 0.25) is 11.8 Å². The van der Waals surface area contributed by atoms with Crippen molar-refractivity contribution in [3.05, 3.63) is 34.9 Å². The molecule has 3 N–H and O–H groups in total. The number of piperidine rings is 1. The normalized spacial score (nSPS) is 25.6. The average molecular weight is 356 g/mol. The van der Waals surface area contributed by atoms with E-state index < -0.39 is 23.8 Å². The third-order valence-electron chi connectivity index (χ3n) is 5.16. The predicted octanol–water partition coefficient (Wildman–Crippen LogP) is -0.461. The van der Waals surface area contributed by atoms with E-state index in [-0.39, 0.29) is 18.7 Å². The first-order chi connectivity index (χ1) is 12.5. The Labute approximate surface area is 150 Å². The summed E-state index contributed by atoms with van der Waals surface area (Å²) in [7, 11) is 0. The Kier molecular flexibility index (Phi) is 4.29. The van der Waals surface area contributed by atoms with Crippen molar-refractivity contribution in [2.45, 2.75) is 37.9 Å². The molecule has 1 aromatic carbocycles. The first-order valence-corrected chi connectivity index (χ1v) is 8.83. The second-order valence-electron chi connectivity index (χ2n) is 6.90. The van der Waals surface area contributed by atoms with Gasteiger partial charge in [-0.05, 0) is 37.1 Å². The first-order valence-electron chi connectivity index (χ1n) is 8.83. The fraction of sp³-hybridized carbons (Fsp3) is 0.444. The topological polar surface area (TPSA) is 108 Å². The quantitative estimate of drug-likeness (QED) is 0.630. The standard InChI is InChI=1S/C18H20N4O4/c23-15-4-3-14(16(24)21-15)22-17(25)12-2-1-10(7-13(12)18(22)26)8-20-11-5-6-19-9-11/h1-2,7,11,14,19-20H,3-6,8-9H2,(H,21,23,24)/t11-,14?/m1/s1. The summed E-state index contributed by atoms with van der Waals surface area (Å²) in [5.41, 5.74) is 1.55. The molecule has 0 saturated carbocycles. The fourth-order valence-corrected chi connectivity index (χ4v) is 3.72. The number of imide groups is 2. The third kappa shape index (κ3) is 2.91. The SMILES string of the molecule is O=C1CCC(N2C(=O)c3ccc(CN[C@@H]4CCNC4)cc3C2=O)C(=O)N1. The van der Waals surface area contributed by atoms with E-state index in [4.69, 9.17) is 0 Å². The number of carbonyl (C=O) groups is 4. The molecular weight excluding hydrogens is 336 g/mol. The lowest BCUT2D eigenvalue weighted by molar-refractivity contribution is -0.136. The zero-order valence-corrected chi connectivity index (χ0v) is 14.2. The van der Waals surface area contributed by atoms with E-state index in [2.05, 4.69) is 16.0 Å². The van der Waals surface area contributed by atoms with Crippen molar-refractivity contribution in [2.75, 3.05) is 13.1 Å². The fourth-order valence-electron chi connectivity index (χ4n) is 3.72. The molecule has 3 aliphatic heterocycles. The predicted molar refractivity (Wildman–Crippen MR) is 91.2 cm³/mol. The van der Waals surface area contributed by atoms with Gasteiger partial charge in [-0.3, -0.25) is 29.4 Å². The van der Waals surface area contributed by atoms with Gasteiger partial charge in [0.15, 0.2) is 0 Å². The van der Waals surface area contributed by atoms with Crippen LogP contribution in [0.4, 0.5) is 0 Å². The number of nitrogens with zero attached hydrogens (tertiary/aromatic N) is 1. The Hall–Kier alpha value is -2.58. The molecule has 0 aliphatic carbocycles. The Morgan fingerprint density at radius 3 is 2.62 bits per heavy atom. The second kappa shape index (κ2) is 6.62. The summed E-state index contributed by atoms with van der Waals surface area (Å²) < 4.78 is 0. The Morgan fingerprint density at radius 2 is 1.88 bits per heavy atom. The lowest BCUT2D eigenvalue weighted by Gasteiger charge is -2.27. The smallest absolute Gasteiger partial charge is 0.262 e. The highest BCUT2D eigenvalue weighted by molar-refractivity contribution is 6.23. The summed E-state index contributed by atoms with van der Waals surface area (Å²) in [5.74, 6) is -1.91. The Balaban J connectivity index is 1.52. The zero-order valence-electron chi connectivity index (χ0n) is 14.2. The van der Waals surface area contributed by atoms with Crippen LogP contribution in [0.2, 0.25) is 0 Å². The van der Waals surface area contributed by atoms with Crippen LogP contribution in [0, 0.1) is 0 Å². The van der Waals surface area contributed by atoms with Crippen LogP contribution < -0.4 is 16.0 Å². The summed E-state index contributed by atoms with van der Waals surface area (Å²) in [6, 6.07) is 4.67. The first kappa shape index (κ1) is 16.9. The molecule has 1 unspecified atom stereocenters. The van der Waals surface area contributed by atoms with E-state index in [1.807, 2.05) is 6.07 Å². The van der Waals surface area contributed by atoms with Gasteiger partial charge in [-0.2, -0.15) is 0 Å². The van der Waals surface area contributed by atoms with Crippen LogP contribution in [-0.2, 0) is 16.1 Å². The maximum Gasteiger partial charge on any atom is 0.262 e. The number of hydrogen-bond acceptors (Lipinski definition) is 6. The van der Waals surface area contributed by atoms with Gasteiger partial charge in [-0.25, -0.2) is 0 Å². The van der Waals surface area contributed by atoms with Crippen LogP contribution >= 0.6 is 0 Å². The van der Waals surface area contributed by atoms with E-state index in [1.54, 1.807) is 12.1 Å². The van der Waals surface area contributed by atoms with Crippen molar-refractivity contribution in [1.82, 2.24) is 20.9 Å². The van der Waals surface area contributed by atoms with E-state index >= 15 is 0 Å². The highest BCUT2D eigenvalue weighted by Gasteiger charge is 2.44. The molecular formula is C18H20N4O4. The number of carbonyl (C=O) groups excluding carboxylic acids is 4. The molecule has 136 valence electrons. The highest BCUT2D eigenvalue weighted by atomic mass is 16.2. The van der Waals surface area contributed by atoms with E-state index in [0.717, 1.165) is 30.0 Å². The number of amides is 4. The molecule has 2 fully saturated rings. The third-order valence-corrected chi connectivity index (χ3v) is 5.16. The average Bonchev–Trinajstić information content (AvgIpc) is 3.22. The summed E-state index contributed by atoms with van der Waals surface area (Å²) in [4.78, 5) is 49.7. The molecule has 3 heterocycles. The zero-order chi connectivity index (χ0) is 18.3. The van der Waals surface area contributed by atoms with Gasteiger partial charge in [0.25, 0.3) is 11.8 Å². The number of hydrogen-bond donors (Lipinski definition) is 3. The molecule has 1 aromatic rings. The van der Waals surface area contributed by atoms with E-state index in [1.165, 1.54) is 0 Å². The summed E-state index contributed by atoms with van der Waals surface area (Å²) in [5, 5.41) is 8.91. The highest BCUT2D eigenvalue weighted by Crippen LogP contribution is 2.28. The van der Waals surface area contributed by atoms with Gasteiger partial charge in [0, 0.05) is 25.6 Å². The Bertz CT molecular complexity index is 800. The Morgan fingerprint density at radius 1 is 1.08 bits per heavy atom. The van der Waals surface area contributed by atoms with Gasteiger partial charge in [-0.1, -0.05) is 6.07 Å². The van der Waals surface area contributed by atoms with Crippen molar-refractivity contribution in [1.29, 1.82) is 0 Å². The van der Waals surface area contributed by atoms with Crippen LogP contribution in [-0.4, -0.2) is 53.7 Å². The number of benzene rings is 1. The van der Waals surface area contributed by atoms with E-state index in [0.29, 0.717) is 23.7 Å². The molecule has 8 heteroatoms. The van der Waals surface area contributed by atoms with Crippen molar-refractivity contribution in [3.63, 3.8) is 0 Å². The van der Waals surface area contributed by atoms with Crippen molar-refractivity contribution >= 4 is 23.6 Å². The summed E-state index contributed by atoms with van der Waals surface area (Å²) in [6.45, 7) is 2.53. The van der Waals surface area contributed by atoms with Crippen LogP contribution in [0.3, 0.4) is 0 Å². The molecule has 0 aromatic heterocycles. The molecule has 8 nitrogen and oxygen atoms in total. The molecule has 4 amide bonds. The monoisotopic (exact) mass is 356 g/mol. The van der Waals surface area contributed by atoms with Crippen LogP contribution in [0.1, 0.15) is 45.5 Å². The minimum Gasteiger partial charge on any atom is -0.315 e. The summed E-state index contributed by atoms with van der Waals surface area (Å²) in [6.07, 6.45) is 1.35. The number of nitrogens with one attached hydrogen (secondary N) is 3. The largest absolute Gasteiger partial charge is 0.315 e. The van der Waals surface area contributed by atoms with Crippen molar-refractivity contribution in [2.24, 2.45) is 0 Å². The molecule has 2 saturated heterocycles. The lowest BCUT2D eigenvalue weighted by atomic mass is 10.0. The minimum atomic E-state index is -0.925. The van der Waals surface area contributed by atoms with Crippen LogP contribution in [0.5, 0.6) is 0 Å². The maximum absolute atomic E-state index is 12.8. The van der Waals surface area contributed by atoms with Crippen LogP contribution in [0.25, 0.3) is 0 Å². The number of rotatable bonds is 4. The molecule has 0 spiro atoms. The van der Waals surface area contributed by atoms with Gasteiger partial charge in [0.1, 0.15) is 6.04 Å². The maximum atomic E-state index is 12.8. The molecule has 0 radical (unpaired) electrons. The second-order valence-corrected chi connectivity index (χ2v) is 6.90. The van der Waals surface area contributed by atoms with Crippen LogP contribution in [0.15, 0.2) is 18.2 Å². The van der Waals surface area contributed by atoms with Gasteiger partial charge in [0.05, 0.1) is 11.1 Å². The molecule has 0 bridgehead atoms. The minimum absolute atomic E-state index is 0.119. The molecule has 26 heavy (non-hydrogen) atoms. The lowest BCUT2D eigenvalue weighted by Crippen LogP contribution is -2.54. The van der Waals surface area contributed by atoms with Gasteiger partial charge in [-0.15, -0.1) is 0 Å². The van der Waals surface area contributed by atoms with Crippen molar-refractivity contribution in [3.8, 4) is 0 Å². The van der Waals surface area contributed by atoms with Crippen molar-refractivity contribution < 1.29 is 19.2 Å². The van der Waals surface area contributed by atoms with Gasteiger partial charge >= 0.3 is 0 Å². The molecule has 4 rings (SSSR count). The van der Waals surface area contributed by atoms with Gasteiger partial charge < -0.3 is 10.6 Å². The number of fused-ring (bicyclic) bond motifs is 1. The van der Waals surface area contributed by atoms with E-state index in [9.17, 15) is 19.2 Å². The molecule has 2 atom stereocenters.